The summed E-state index contributed by atoms with van der Waals surface area (Å²) >= 11 is 0. The molecule has 1 aliphatic heterocycles. The van der Waals surface area contributed by atoms with E-state index in [1.54, 1.807) is 31.2 Å². The number of hydrazone groups is 1. The van der Waals surface area contributed by atoms with Crippen LogP contribution >= 0.6 is 0 Å². The lowest BCUT2D eigenvalue weighted by molar-refractivity contribution is -0.117. The number of aromatic hydroxyl groups is 1. The molecule has 0 saturated heterocycles. The molecule has 1 N–H and O–H groups in total. The predicted octanol–water partition coefficient (Wildman–Crippen LogP) is 3.06. The fourth-order valence-electron chi connectivity index (χ4n) is 2.51. The molecule has 3 rings (SSSR count). The zero-order valence-electron chi connectivity index (χ0n) is 14.8. The lowest BCUT2D eigenvalue weighted by Gasteiger charge is -2.11. The Morgan fingerprint density at radius 1 is 1.19 bits per heavy atom. The van der Waals surface area contributed by atoms with Crippen LogP contribution in [0.25, 0.3) is 0 Å². The summed E-state index contributed by atoms with van der Waals surface area (Å²) in [6, 6.07) is 11.8. The maximum Gasteiger partial charge on any atom is 0.280 e. The van der Waals surface area contributed by atoms with Crippen molar-refractivity contribution in [2.45, 2.75) is 24.8 Å². The fraction of sp³-hybridized carbons (Fsp3) is 0.222. The second-order valence-electron chi connectivity index (χ2n) is 5.90. The van der Waals surface area contributed by atoms with E-state index in [0.717, 1.165) is 0 Å². The molecule has 27 heavy (non-hydrogen) atoms. The molecule has 1 unspecified atom stereocenters. The highest BCUT2D eigenvalue weighted by molar-refractivity contribution is 7.91. The molecule has 0 aliphatic carbocycles. The largest absolute Gasteiger partial charge is 0.506 e. The SMILES string of the molecule is CCS(=O)(=O)c1ccc(O)c(N=NC2C(=O)N(c3ccccc3)N=C2C)c1. The lowest BCUT2D eigenvalue weighted by Crippen LogP contribution is -2.29. The molecule has 1 atom stereocenters. The number of hydrogen-bond acceptors (Lipinski definition) is 7. The summed E-state index contributed by atoms with van der Waals surface area (Å²) in [5.41, 5.74) is 1.03. The number of anilines is 1. The molecule has 0 radical (unpaired) electrons. The first-order valence-corrected chi connectivity index (χ1v) is 9.89. The monoisotopic (exact) mass is 386 g/mol. The molecule has 2 aromatic rings. The highest BCUT2D eigenvalue weighted by Crippen LogP contribution is 2.31. The minimum Gasteiger partial charge on any atom is -0.506 e. The van der Waals surface area contributed by atoms with Gasteiger partial charge in [0.25, 0.3) is 5.91 Å². The Kier molecular flexibility index (Phi) is 5.04. The Morgan fingerprint density at radius 2 is 1.89 bits per heavy atom. The molecule has 1 amide bonds. The van der Waals surface area contributed by atoms with Gasteiger partial charge in [-0.3, -0.25) is 4.79 Å². The van der Waals surface area contributed by atoms with Crippen LogP contribution < -0.4 is 5.01 Å². The van der Waals surface area contributed by atoms with E-state index in [1.165, 1.54) is 30.1 Å². The van der Waals surface area contributed by atoms with E-state index < -0.39 is 15.9 Å². The number of azo groups is 1. The smallest absolute Gasteiger partial charge is 0.280 e. The van der Waals surface area contributed by atoms with Crippen molar-refractivity contribution in [3.8, 4) is 5.75 Å². The second-order valence-corrected chi connectivity index (χ2v) is 8.18. The standard InChI is InChI=1S/C18H18N4O4S/c1-3-27(25,26)14-9-10-16(23)15(11-14)19-20-17-12(2)21-22(18(17)24)13-7-5-4-6-8-13/h4-11,17,23H,3H2,1-2H3. The third-order valence-corrected chi connectivity index (χ3v) is 5.80. The zero-order valence-corrected chi connectivity index (χ0v) is 15.6. The van der Waals surface area contributed by atoms with Crippen molar-refractivity contribution in [1.82, 2.24) is 0 Å². The number of carbonyl (C=O) groups excluding carboxylic acids is 1. The average molecular weight is 386 g/mol. The molecule has 2 aromatic carbocycles. The Bertz CT molecular complexity index is 1030. The molecule has 0 bridgehead atoms. The summed E-state index contributed by atoms with van der Waals surface area (Å²) in [4.78, 5) is 12.6. The first kappa shape index (κ1) is 18.7. The van der Waals surface area contributed by atoms with Crippen molar-refractivity contribution in [2.75, 3.05) is 10.8 Å². The van der Waals surface area contributed by atoms with Crippen molar-refractivity contribution in [1.29, 1.82) is 0 Å². The summed E-state index contributed by atoms with van der Waals surface area (Å²) in [6.45, 7) is 3.18. The van der Waals surface area contributed by atoms with Gasteiger partial charge in [0.1, 0.15) is 11.4 Å². The van der Waals surface area contributed by atoms with Crippen LogP contribution in [0.4, 0.5) is 11.4 Å². The molecule has 9 heteroatoms. The summed E-state index contributed by atoms with van der Waals surface area (Å²) in [5.74, 6) is -0.680. The van der Waals surface area contributed by atoms with Crippen LogP contribution in [0.1, 0.15) is 13.8 Å². The average Bonchev–Trinajstić information content (AvgIpc) is 2.95. The number of nitrogens with zero attached hydrogens (tertiary/aromatic N) is 4. The Morgan fingerprint density at radius 3 is 2.56 bits per heavy atom. The van der Waals surface area contributed by atoms with Crippen LogP contribution in [-0.4, -0.2) is 36.9 Å². The van der Waals surface area contributed by atoms with Gasteiger partial charge in [-0.15, -0.1) is 0 Å². The van der Waals surface area contributed by atoms with Crippen molar-refractivity contribution >= 4 is 32.8 Å². The molecule has 8 nitrogen and oxygen atoms in total. The van der Waals surface area contributed by atoms with Crippen molar-refractivity contribution in [2.24, 2.45) is 15.3 Å². The maximum atomic E-state index is 12.6. The second kappa shape index (κ2) is 7.28. The number of benzene rings is 2. The number of phenols is 1. The minimum atomic E-state index is -3.45. The van der Waals surface area contributed by atoms with E-state index >= 15 is 0 Å². The third-order valence-electron chi connectivity index (χ3n) is 4.06. The first-order chi connectivity index (χ1) is 12.8. The van der Waals surface area contributed by atoms with Gasteiger partial charge in [0.05, 0.1) is 22.0 Å². The third kappa shape index (κ3) is 3.72. The maximum absolute atomic E-state index is 12.6. The van der Waals surface area contributed by atoms with Crippen LogP contribution in [0, 0.1) is 0 Å². The number of phenolic OH excluding ortho intramolecular Hbond substituents is 1. The van der Waals surface area contributed by atoms with Gasteiger partial charge >= 0.3 is 0 Å². The van der Waals surface area contributed by atoms with E-state index in [-0.39, 0.29) is 28.0 Å². The van der Waals surface area contributed by atoms with Gasteiger partial charge in [-0.1, -0.05) is 25.1 Å². The predicted molar refractivity (Wildman–Crippen MR) is 101 cm³/mol. The molecule has 140 valence electrons. The van der Waals surface area contributed by atoms with Crippen molar-refractivity contribution < 1.29 is 18.3 Å². The molecule has 0 spiro atoms. The van der Waals surface area contributed by atoms with Gasteiger partial charge in [0.2, 0.25) is 0 Å². The van der Waals surface area contributed by atoms with Gasteiger partial charge in [0.15, 0.2) is 15.9 Å². The summed E-state index contributed by atoms with van der Waals surface area (Å²) in [7, 11) is -3.45. The Hall–Kier alpha value is -3.07. The quantitative estimate of drug-likeness (QED) is 0.796. The van der Waals surface area contributed by atoms with E-state index in [0.29, 0.717) is 11.4 Å². The molecular weight excluding hydrogens is 368 g/mol. The normalized spacial score (nSPS) is 17.6. The molecule has 1 aliphatic rings. The van der Waals surface area contributed by atoms with Crippen LogP contribution in [-0.2, 0) is 14.6 Å². The van der Waals surface area contributed by atoms with Gasteiger partial charge < -0.3 is 5.11 Å². The van der Waals surface area contributed by atoms with Crippen molar-refractivity contribution in [3.05, 3.63) is 48.5 Å². The molecule has 0 aromatic heterocycles. The Labute approximate surface area is 156 Å². The molecular formula is C18H18N4O4S. The summed E-state index contributed by atoms with van der Waals surface area (Å²) < 4.78 is 24.0. The van der Waals surface area contributed by atoms with Gasteiger partial charge in [-0.05, 0) is 37.3 Å². The van der Waals surface area contributed by atoms with Crippen molar-refractivity contribution in [3.63, 3.8) is 0 Å². The summed E-state index contributed by atoms with van der Waals surface area (Å²) in [5, 5.41) is 23.3. The fourth-order valence-corrected chi connectivity index (χ4v) is 3.41. The lowest BCUT2D eigenvalue weighted by atomic mass is 10.2. The minimum absolute atomic E-state index is 0.0247. The van der Waals surface area contributed by atoms with E-state index in [2.05, 4.69) is 15.3 Å². The van der Waals surface area contributed by atoms with E-state index in [1.807, 2.05) is 6.07 Å². The highest BCUT2D eigenvalue weighted by Gasteiger charge is 2.34. The topological polar surface area (TPSA) is 112 Å². The number of sulfone groups is 1. The Balaban J connectivity index is 1.88. The highest BCUT2D eigenvalue weighted by atomic mass is 32.2. The number of para-hydroxylation sites is 1. The van der Waals surface area contributed by atoms with Gasteiger partial charge in [-0.2, -0.15) is 20.3 Å². The number of rotatable bonds is 5. The van der Waals surface area contributed by atoms with E-state index in [9.17, 15) is 18.3 Å². The van der Waals surface area contributed by atoms with Gasteiger partial charge in [-0.25, -0.2) is 8.42 Å². The van der Waals surface area contributed by atoms with Crippen LogP contribution in [0.5, 0.6) is 5.75 Å². The molecule has 0 fully saturated rings. The van der Waals surface area contributed by atoms with E-state index in [4.69, 9.17) is 0 Å². The molecule has 0 saturated carbocycles. The first-order valence-electron chi connectivity index (χ1n) is 8.24. The number of carbonyl (C=O) groups is 1. The number of amides is 1. The zero-order chi connectivity index (χ0) is 19.6. The van der Waals surface area contributed by atoms with Crippen LogP contribution in [0.2, 0.25) is 0 Å². The molecule has 1 heterocycles. The van der Waals surface area contributed by atoms with Crippen LogP contribution in [0.15, 0.2) is 68.8 Å². The van der Waals surface area contributed by atoms with Crippen LogP contribution in [0.3, 0.4) is 0 Å². The summed E-state index contributed by atoms with van der Waals surface area (Å²) in [6.07, 6.45) is 0. The van der Waals surface area contributed by atoms with Gasteiger partial charge in [0, 0.05) is 0 Å². The number of hydrogen-bond donors (Lipinski definition) is 1.